The molecule has 4 heterocycles. The number of benzene rings is 2. The van der Waals surface area contributed by atoms with Crippen LogP contribution in [-0.2, 0) is 48.0 Å². The zero-order valence-corrected chi connectivity index (χ0v) is 40.2. The van der Waals surface area contributed by atoms with Crippen LogP contribution in [-0.4, -0.2) is 114 Å². The normalized spacial score (nSPS) is 21.3. The Kier molecular flexibility index (Phi) is 15.3. The maximum absolute atomic E-state index is 14.7. The number of likely N-dealkylation sites (N-methyl/N-ethyl adjacent to an activating group) is 1. The molecule has 4 aromatic rings. The third kappa shape index (κ3) is 10.6. The van der Waals surface area contributed by atoms with Crippen LogP contribution in [0.15, 0.2) is 70.8 Å². The molecule has 2 aliphatic heterocycles. The van der Waals surface area contributed by atoms with Crippen molar-refractivity contribution in [2.45, 2.75) is 124 Å². The number of hydrogen-bond donors (Lipinski definition) is 2. The molecule has 352 valence electrons. The number of pyridine rings is 1. The molecule has 6 bridgehead atoms. The van der Waals surface area contributed by atoms with Crippen LogP contribution < -0.4 is 10.7 Å². The summed E-state index contributed by atoms with van der Waals surface area (Å²) in [6.45, 7) is 16.8. The summed E-state index contributed by atoms with van der Waals surface area (Å²) in [5, 5.41) is 5.68. The van der Waals surface area contributed by atoms with E-state index in [1.165, 1.54) is 15.5 Å². The highest BCUT2D eigenvalue weighted by Gasteiger charge is 2.41. The summed E-state index contributed by atoms with van der Waals surface area (Å²) in [6.07, 6.45) is 4.83. The van der Waals surface area contributed by atoms with Crippen LogP contribution in [0.1, 0.15) is 96.9 Å². The Hall–Kier alpha value is -5.69. The maximum Gasteiger partial charge on any atom is 0.324 e. The number of aromatic nitrogens is 2. The summed E-state index contributed by atoms with van der Waals surface area (Å²) in [5.41, 5.74) is 11.1. The average molecular weight is 901 g/mol. The lowest BCUT2D eigenvalue weighted by Crippen LogP contribution is -2.62. The van der Waals surface area contributed by atoms with E-state index in [1.807, 2.05) is 38.2 Å². The minimum Gasteiger partial charge on any atom is -0.464 e. The van der Waals surface area contributed by atoms with Gasteiger partial charge in [0, 0.05) is 67.7 Å². The first-order valence-corrected chi connectivity index (χ1v) is 23.7. The van der Waals surface area contributed by atoms with Crippen molar-refractivity contribution in [3.63, 3.8) is 0 Å². The molecule has 1 saturated carbocycles. The van der Waals surface area contributed by atoms with E-state index in [1.54, 1.807) is 14.2 Å². The zero-order chi connectivity index (χ0) is 47.3. The summed E-state index contributed by atoms with van der Waals surface area (Å²) in [7, 11) is 3.27. The zero-order valence-electron chi connectivity index (χ0n) is 40.2. The number of carbonyl (C=O) groups is 4. The van der Waals surface area contributed by atoms with Gasteiger partial charge in [0.25, 0.3) is 5.91 Å². The van der Waals surface area contributed by atoms with Gasteiger partial charge < -0.3 is 24.3 Å². The number of amides is 3. The van der Waals surface area contributed by atoms with Crippen LogP contribution in [0, 0.1) is 17.3 Å². The Morgan fingerprint density at radius 3 is 2.58 bits per heavy atom. The van der Waals surface area contributed by atoms with Gasteiger partial charge in [0.2, 0.25) is 11.8 Å². The number of esters is 1. The predicted octanol–water partition coefficient (Wildman–Crippen LogP) is 7.24. The second kappa shape index (κ2) is 20.9. The monoisotopic (exact) mass is 901 g/mol. The topological polar surface area (TPSA) is 160 Å². The van der Waals surface area contributed by atoms with Crippen LogP contribution in [0.3, 0.4) is 0 Å². The number of methoxy groups -OCH3 is 1. The first kappa shape index (κ1) is 48.2. The van der Waals surface area contributed by atoms with Gasteiger partial charge in [-0.15, -0.1) is 0 Å². The quantitative estimate of drug-likeness (QED) is 0.0856. The van der Waals surface area contributed by atoms with Gasteiger partial charge >= 0.3 is 5.97 Å². The van der Waals surface area contributed by atoms with Crippen molar-refractivity contribution in [1.82, 2.24) is 30.2 Å². The molecule has 66 heavy (non-hydrogen) atoms. The smallest absolute Gasteiger partial charge is 0.324 e. The van der Waals surface area contributed by atoms with E-state index in [2.05, 4.69) is 102 Å². The number of aliphatic imine (C=N–C) groups is 2. The molecule has 2 aromatic heterocycles. The van der Waals surface area contributed by atoms with E-state index in [9.17, 15) is 19.2 Å². The summed E-state index contributed by atoms with van der Waals surface area (Å²) in [5.74, 6) is -1.70. The molecule has 0 spiro atoms. The minimum absolute atomic E-state index is 0.0567. The van der Waals surface area contributed by atoms with E-state index >= 15 is 0 Å². The third-order valence-corrected chi connectivity index (χ3v) is 13.3. The fourth-order valence-corrected chi connectivity index (χ4v) is 9.82. The van der Waals surface area contributed by atoms with Crippen molar-refractivity contribution < 1.29 is 28.7 Å². The molecule has 3 amide bonds. The lowest BCUT2D eigenvalue weighted by molar-refractivity contribution is -0.155. The van der Waals surface area contributed by atoms with Gasteiger partial charge in [-0.1, -0.05) is 71.9 Å². The molecule has 2 N–H and O–H groups in total. The first-order valence-electron chi connectivity index (χ1n) is 23.7. The van der Waals surface area contributed by atoms with Gasteiger partial charge in [-0.25, -0.2) is 15.4 Å². The Morgan fingerprint density at radius 2 is 1.85 bits per heavy atom. The van der Waals surface area contributed by atoms with Crippen molar-refractivity contribution in [2.24, 2.45) is 27.2 Å². The largest absolute Gasteiger partial charge is 0.464 e. The molecule has 2 fully saturated rings. The fourth-order valence-electron chi connectivity index (χ4n) is 9.82. The van der Waals surface area contributed by atoms with Crippen LogP contribution in [0.4, 0.5) is 0 Å². The molecular weight excluding hydrogens is 833 g/mol. The Labute approximate surface area is 389 Å². The number of fused-ring (bicyclic) bond motifs is 6. The second-order valence-corrected chi connectivity index (χ2v) is 19.7. The maximum atomic E-state index is 14.7. The van der Waals surface area contributed by atoms with Gasteiger partial charge in [-0.2, -0.15) is 0 Å². The van der Waals surface area contributed by atoms with E-state index in [0.717, 1.165) is 51.1 Å². The molecule has 7 rings (SSSR count). The van der Waals surface area contributed by atoms with Gasteiger partial charge in [0.15, 0.2) is 0 Å². The average Bonchev–Trinajstić information content (AvgIpc) is 3.59. The molecule has 3 atom stereocenters. The Balaban J connectivity index is 1.24. The highest BCUT2D eigenvalue weighted by atomic mass is 16.5. The third-order valence-electron chi connectivity index (χ3n) is 13.3. The van der Waals surface area contributed by atoms with Gasteiger partial charge in [0.1, 0.15) is 18.1 Å². The number of aryl methyl sites for hydroxylation is 1. The van der Waals surface area contributed by atoms with Gasteiger partial charge in [0.05, 0.1) is 43.2 Å². The predicted molar refractivity (Wildman–Crippen MR) is 257 cm³/mol. The lowest BCUT2D eigenvalue weighted by atomic mass is 9.79. The highest BCUT2D eigenvalue weighted by Crippen LogP contribution is 2.42. The van der Waals surface area contributed by atoms with Crippen molar-refractivity contribution in [3.05, 3.63) is 77.6 Å². The van der Waals surface area contributed by atoms with E-state index < -0.39 is 35.4 Å². The van der Waals surface area contributed by atoms with Gasteiger partial charge in [-0.05, 0) is 97.4 Å². The van der Waals surface area contributed by atoms with Crippen molar-refractivity contribution >= 4 is 40.6 Å². The first-order chi connectivity index (χ1) is 31.6. The minimum atomic E-state index is -1.01. The molecule has 3 aliphatic rings. The van der Waals surface area contributed by atoms with Crippen LogP contribution in [0.25, 0.3) is 33.3 Å². The molecule has 2 aromatic carbocycles. The van der Waals surface area contributed by atoms with Crippen LogP contribution in [0.5, 0.6) is 0 Å². The molecule has 0 radical (unpaired) electrons. The van der Waals surface area contributed by atoms with E-state index in [-0.39, 0.29) is 48.6 Å². The molecule has 0 unspecified atom stereocenters. The van der Waals surface area contributed by atoms with Crippen LogP contribution >= 0.6 is 0 Å². The van der Waals surface area contributed by atoms with Gasteiger partial charge in [-0.3, -0.25) is 29.2 Å². The lowest BCUT2D eigenvalue weighted by Gasteiger charge is -2.39. The summed E-state index contributed by atoms with van der Waals surface area (Å²) in [4.78, 5) is 71.8. The van der Waals surface area contributed by atoms with Crippen molar-refractivity contribution in [3.8, 4) is 22.4 Å². The van der Waals surface area contributed by atoms with Crippen molar-refractivity contribution in [1.29, 1.82) is 0 Å². The number of carbonyl (C=O) groups excluding carboxylic acids is 4. The van der Waals surface area contributed by atoms with E-state index in [4.69, 9.17) is 14.5 Å². The standard InChI is InChI=1S/C52H68N8O6/c1-10-59-44-19-18-36-28-40(44)41(47(59)39-16-12-20-54-45(39)32(2)3)29-52(6,7)30-66-51(64)42-17-13-22-60(57-42)50(63)43(25-34-14-11-15-35(36)24-34)56-48(61)46(33(4)5)58(8)49(62)37-26-38(27-37)55-31-53-21-23-65-9/h11-12,14-16,18-20,24,28,32-33,37-38,42-43,46,57H,10,13,17,21-23,25-27,29-30H2,1-9H3,(H,56,61)/t37-,38-,42-,43-,46-/m0/s1. The van der Waals surface area contributed by atoms with Crippen molar-refractivity contribution in [2.75, 3.05) is 40.5 Å². The number of rotatable bonds is 12. The molecule has 1 aliphatic carbocycles. The summed E-state index contributed by atoms with van der Waals surface area (Å²) < 4.78 is 13.5. The number of nitrogens with zero attached hydrogens (tertiary/aromatic N) is 6. The number of nitrogens with one attached hydrogen (secondary N) is 2. The molecule has 14 heteroatoms. The summed E-state index contributed by atoms with van der Waals surface area (Å²) in [6, 6.07) is 19.0. The number of hydrogen-bond acceptors (Lipinski definition) is 10. The second-order valence-electron chi connectivity index (χ2n) is 19.7. The summed E-state index contributed by atoms with van der Waals surface area (Å²) >= 11 is 0. The Bertz CT molecular complexity index is 2480. The highest BCUT2D eigenvalue weighted by molar-refractivity contribution is 5.96. The Morgan fingerprint density at radius 1 is 1.08 bits per heavy atom. The van der Waals surface area contributed by atoms with Crippen LogP contribution in [0.2, 0.25) is 0 Å². The fraction of sp³-hybridized carbons (Fsp3) is 0.538. The molecular formula is C52H68N8O6. The van der Waals surface area contributed by atoms with E-state index in [0.29, 0.717) is 51.8 Å². The SMILES string of the molecule is CCn1c(-c2cccnc2C(C)C)c2c3cc(ccc31)-c1cccc(c1)C[C@H](NC(=O)[C@H](C(C)C)N(C)C(=O)[C@H]1C[C@H](N=C=NCCOC)C1)C(=O)N1CCC[C@H](N1)C(=O)OCC(C)(C)C2. The molecule has 1 saturated heterocycles. The molecule has 14 nitrogen and oxygen atoms in total. The number of cyclic esters (lactones) is 1. The number of hydrazine groups is 1. The number of ether oxygens (including phenoxy) is 2.